The summed E-state index contributed by atoms with van der Waals surface area (Å²) in [6.45, 7) is 0. The first-order valence-corrected chi connectivity index (χ1v) is 12.3. The lowest BCUT2D eigenvalue weighted by molar-refractivity contribution is -0.117. The summed E-state index contributed by atoms with van der Waals surface area (Å²) in [5, 5.41) is 15.1. The van der Waals surface area contributed by atoms with E-state index in [1.54, 1.807) is 18.2 Å². The third-order valence-electron chi connectivity index (χ3n) is 5.47. The topological polar surface area (TPSA) is 82.0 Å². The van der Waals surface area contributed by atoms with Crippen LogP contribution in [0.15, 0.2) is 59.1 Å². The van der Waals surface area contributed by atoms with Gasteiger partial charge in [0, 0.05) is 16.1 Å². The molecule has 178 valence electrons. The van der Waals surface area contributed by atoms with Crippen LogP contribution in [0.5, 0.6) is 0 Å². The summed E-state index contributed by atoms with van der Waals surface area (Å²) in [6.07, 6.45) is 0. The quantitative estimate of drug-likeness (QED) is 0.291. The van der Waals surface area contributed by atoms with Gasteiger partial charge in [0.2, 0.25) is 5.91 Å². The number of nitrogens with zero attached hydrogens (tertiary/aromatic N) is 1. The Balaban J connectivity index is 1.52. The molecule has 5 nitrogen and oxygen atoms in total. The van der Waals surface area contributed by atoms with Gasteiger partial charge in [-0.1, -0.05) is 29.3 Å². The lowest BCUT2D eigenvalue weighted by Crippen LogP contribution is -2.18. The molecule has 0 spiro atoms. The number of rotatable bonds is 5. The number of benzene rings is 3. The highest BCUT2D eigenvalue weighted by molar-refractivity contribution is 9.10. The highest BCUT2D eigenvalue weighted by Gasteiger charge is 2.67. The lowest BCUT2D eigenvalue weighted by atomic mass is 10.1. The fraction of sp³-hybridized carbons (Fsp3) is 0.125. The number of carbonyl (C=O) groups is 2. The Morgan fingerprint density at radius 3 is 2.40 bits per heavy atom. The average Bonchev–Trinajstić information content (AvgIpc) is 3.39. The Kier molecular flexibility index (Phi) is 7.33. The lowest BCUT2D eigenvalue weighted by Gasteiger charge is -2.11. The maximum atomic E-state index is 13.4. The van der Waals surface area contributed by atoms with Crippen molar-refractivity contribution in [3.8, 4) is 6.07 Å². The van der Waals surface area contributed by atoms with E-state index < -0.39 is 33.8 Å². The van der Waals surface area contributed by atoms with Crippen molar-refractivity contribution in [2.75, 3.05) is 10.6 Å². The maximum absolute atomic E-state index is 13.4. The predicted octanol–water partition coefficient (Wildman–Crippen LogP) is 7.54. The summed E-state index contributed by atoms with van der Waals surface area (Å²) in [7, 11) is 0. The molecule has 1 fully saturated rings. The molecule has 2 atom stereocenters. The second-order valence-electron chi connectivity index (χ2n) is 7.74. The van der Waals surface area contributed by atoms with Crippen LogP contribution < -0.4 is 10.6 Å². The molecule has 0 saturated heterocycles. The van der Waals surface area contributed by atoms with Gasteiger partial charge in [-0.05, 0) is 70.0 Å². The molecule has 0 aliphatic heterocycles. The standard InChI is InChI=1S/C24H13BrCl4FN3O2/c25-16-8-11(1-4-18(16)27)20-21(24(20,28)29)23(35)32-14-3-5-17(26)15(9-14)22(34)33-19-6-2-13(30)7-12(19)10-31/h1-9,20-21H,(H,32,35)(H,33,34)/t20-,21+/m0/s1. The second-order valence-corrected chi connectivity index (χ2v) is 10.9. The number of nitriles is 1. The molecule has 11 heteroatoms. The molecule has 4 rings (SSSR count). The van der Waals surface area contributed by atoms with E-state index in [-0.39, 0.29) is 27.5 Å². The minimum atomic E-state index is -1.32. The zero-order chi connectivity index (χ0) is 25.5. The Labute approximate surface area is 228 Å². The molecule has 0 aromatic heterocycles. The Morgan fingerprint density at radius 1 is 1.00 bits per heavy atom. The normalized spacial score (nSPS) is 17.9. The third kappa shape index (κ3) is 5.28. The number of halogens is 6. The Morgan fingerprint density at radius 2 is 1.71 bits per heavy atom. The minimum absolute atomic E-state index is 0.0367. The number of nitrogens with one attached hydrogen (secondary N) is 2. The van der Waals surface area contributed by atoms with Crippen molar-refractivity contribution in [3.05, 3.63) is 91.6 Å². The van der Waals surface area contributed by atoms with Crippen LogP contribution in [0.1, 0.15) is 27.4 Å². The Bertz CT molecular complexity index is 1410. The number of carbonyl (C=O) groups excluding carboxylic acids is 2. The van der Waals surface area contributed by atoms with Crippen molar-refractivity contribution in [3.63, 3.8) is 0 Å². The number of hydrogen-bond acceptors (Lipinski definition) is 3. The summed E-state index contributed by atoms with van der Waals surface area (Å²) in [5.74, 6) is -2.90. The van der Waals surface area contributed by atoms with Crippen molar-refractivity contribution in [1.82, 2.24) is 0 Å². The molecule has 0 heterocycles. The SMILES string of the molecule is N#Cc1cc(F)ccc1NC(=O)c1cc(NC(=O)[C@H]2[C@H](c3ccc(Cl)c(Br)c3)C2(Cl)Cl)ccc1Cl. The fourth-order valence-corrected chi connectivity index (χ4v) is 5.22. The van der Waals surface area contributed by atoms with E-state index in [1.165, 1.54) is 24.3 Å². The van der Waals surface area contributed by atoms with Crippen LogP contribution in [-0.2, 0) is 4.79 Å². The summed E-state index contributed by atoms with van der Waals surface area (Å²) in [6, 6.07) is 14.7. The molecule has 0 radical (unpaired) electrons. The van der Waals surface area contributed by atoms with Gasteiger partial charge in [0.05, 0.1) is 32.8 Å². The first-order chi connectivity index (χ1) is 16.5. The van der Waals surface area contributed by atoms with E-state index in [1.807, 2.05) is 6.07 Å². The smallest absolute Gasteiger partial charge is 0.257 e. The second kappa shape index (κ2) is 9.96. The maximum Gasteiger partial charge on any atom is 0.257 e. The van der Waals surface area contributed by atoms with Crippen molar-refractivity contribution in [1.29, 1.82) is 5.26 Å². The van der Waals surface area contributed by atoms with Crippen LogP contribution >= 0.6 is 62.3 Å². The molecule has 35 heavy (non-hydrogen) atoms. The average molecular weight is 616 g/mol. The van der Waals surface area contributed by atoms with Crippen molar-refractivity contribution in [2.24, 2.45) is 5.92 Å². The van der Waals surface area contributed by atoms with Crippen LogP contribution in [0, 0.1) is 23.1 Å². The predicted molar refractivity (Wildman–Crippen MR) is 139 cm³/mol. The van der Waals surface area contributed by atoms with E-state index >= 15 is 0 Å². The Hall–Kier alpha value is -2.34. The molecule has 3 aromatic carbocycles. The van der Waals surface area contributed by atoms with Crippen LogP contribution in [0.3, 0.4) is 0 Å². The summed E-state index contributed by atoms with van der Waals surface area (Å²) >= 11 is 28.4. The summed E-state index contributed by atoms with van der Waals surface area (Å²) in [5.41, 5.74) is 1.14. The van der Waals surface area contributed by atoms with Crippen molar-refractivity contribution < 1.29 is 14.0 Å². The highest BCUT2D eigenvalue weighted by atomic mass is 79.9. The van der Waals surface area contributed by atoms with Crippen LogP contribution in [0.4, 0.5) is 15.8 Å². The van der Waals surface area contributed by atoms with E-state index in [0.29, 0.717) is 9.50 Å². The van der Waals surface area contributed by atoms with Gasteiger partial charge in [0.1, 0.15) is 16.2 Å². The first kappa shape index (κ1) is 25.7. The fourth-order valence-electron chi connectivity index (χ4n) is 3.68. The first-order valence-electron chi connectivity index (χ1n) is 9.97. The zero-order valence-corrected chi connectivity index (χ0v) is 22.0. The van der Waals surface area contributed by atoms with Gasteiger partial charge in [-0.2, -0.15) is 5.26 Å². The molecular weight excluding hydrogens is 603 g/mol. The molecule has 1 saturated carbocycles. The van der Waals surface area contributed by atoms with E-state index in [0.717, 1.165) is 17.7 Å². The van der Waals surface area contributed by atoms with Gasteiger partial charge in [-0.25, -0.2) is 4.39 Å². The van der Waals surface area contributed by atoms with Gasteiger partial charge in [0.25, 0.3) is 5.91 Å². The summed E-state index contributed by atoms with van der Waals surface area (Å²) in [4.78, 5) is 25.8. The van der Waals surface area contributed by atoms with Gasteiger partial charge < -0.3 is 10.6 Å². The minimum Gasteiger partial charge on any atom is -0.326 e. The van der Waals surface area contributed by atoms with E-state index in [4.69, 9.17) is 46.4 Å². The molecule has 2 N–H and O–H groups in total. The number of amides is 2. The number of hydrogen-bond donors (Lipinski definition) is 2. The van der Waals surface area contributed by atoms with Gasteiger partial charge in [-0.3, -0.25) is 9.59 Å². The van der Waals surface area contributed by atoms with Crippen LogP contribution in [-0.4, -0.2) is 16.1 Å². The van der Waals surface area contributed by atoms with Gasteiger partial charge in [0.15, 0.2) is 0 Å². The van der Waals surface area contributed by atoms with E-state index in [9.17, 15) is 19.2 Å². The molecule has 3 aromatic rings. The number of anilines is 2. The molecule has 1 aliphatic rings. The molecule has 2 amide bonds. The van der Waals surface area contributed by atoms with Crippen molar-refractivity contribution in [2.45, 2.75) is 10.3 Å². The molecule has 1 aliphatic carbocycles. The highest BCUT2D eigenvalue weighted by Crippen LogP contribution is 2.65. The van der Waals surface area contributed by atoms with E-state index in [2.05, 4.69) is 26.6 Å². The van der Waals surface area contributed by atoms with Gasteiger partial charge in [-0.15, -0.1) is 23.2 Å². The summed E-state index contributed by atoms with van der Waals surface area (Å²) < 4.78 is 12.7. The number of alkyl halides is 2. The largest absolute Gasteiger partial charge is 0.326 e. The molecular formula is C24H13BrCl4FN3O2. The van der Waals surface area contributed by atoms with Gasteiger partial charge >= 0.3 is 0 Å². The monoisotopic (exact) mass is 613 g/mol. The van der Waals surface area contributed by atoms with Crippen LogP contribution in [0.2, 0.25) is 10.0 Å². The molecule has 0 unspecified atom stereocenters. The van der Waals surface area contributed by atoms with Crippen molar-refractivity contribution >= 4 is 85.5 Å². The van der Waals surface area contributed by atoms with Crippen LogP contribution in [0.25, 0.3) is 0 Å². The molecule has 0 bridgehead atoms. The zero-order valence-electron chi connectivity index (χ0n) is 17.4. The third-order valence-corrected chi connectivity index (χ3v) is 7.95.